The Kier molecular flexibility index (Phi) is 1.87. The highest BCUT2D eigenvalue weighted by Gasteiger charge is 1.99. The van der Waals surface area contributed by atoms with E-state index in [0.717, 1.165) is 10.9 Å². The molecule has 0 radical (unpaired) electrons. The van der Waals surface area contributed by atoms with E-state index in [2.05, 4.69) is 4.98 Å². The monoisotopic (exact) mass is 175 g/mol. The van der Waals surface area contributed by atoms with Crippen LogP contribution in [0.3, 0.4) is 0 Å². The van der Waals surface area contributed by atoms with Gasteiger partial charge in [0.1, 0.15) is 0 Å². The highest BCUT2D eigenvalue weighted by Crippen LogP contribution is 2.09. The molecule has 0 aliphatic carbocycles. The van der Waals surface area contributed by atoms with Crippen LogP contribution in [-0.2, 0) is 6.61 Å². The lowest BCUT2D eigenvalue weighted by Gasteiger charge is -1.99. The van der Waals surface area contributed by atoms with Crippen LogP contribution >= 0.6 is 0 Å². The summed E-state index contributed by atoms with van der Waals surface area (Å²) in [6, 6.07) is 9.18. The molecule has 0 aliphatic heterocycles. The Bertz CT molecular complexity index is 487. The van der Waals surface area contributed by atoms with Crippen molar-refractivity contribution in [3.63, 3.8) is 0 Å². The van der Waals surface area contributed by atoms with Crippen LogP contribution in [0.2, 0.25) is 0 Å². The smallest absolute Gasteiger partial charge is 0.253 e. The van der Waals surface area contributed by atoms with Gasteiger partial charge in [0, 0.05) is 11.1 Å². The number of H-pyrrole nitrogens is 1. The van der Waals surface area contributed by atoms with Gasteiger partial charge < -0.3 is 10.1 Å². The maximum absolute atomic E-state index is 11.2. The molecule has 3 nitrogen and oxygen atoms in total. The maximum atomic E-state index is 11.2. The van der Waals surface area contributed by atoms with Crippen molar-refractivity contribution in [3.05, 3.63) is 46.2 Å². The number of nitrogens with one attached hydrogen (secondary N) is 1. The van der Waals surface area contributed by atoms with Crippen molar-refractivity contribution in [1.29, 1.82) is 0 Å². The number of rotatable bonds is 1. The molecule has 0 saturated carbocycles. The zero-order valence-corrected chi connectivity index (χ0v) is 6.95. The van der Waals surface area contributed by atoms with Gasteiger partial charge in [-0.2, -0.15) is 0 Å². The minimum Gasteiger partial charge on any atom is -0.391 e. The van der Waals surface area contributed by atoms with Crippen LogP contribution in [0.4, 0.5) is 0 Å². The third-order valence-corrected chi connectivity index (χ3v) is 2.00. The van der Waals surface area contributed by atoms with Gasteiger partial charge in [-0.3, -0.25) is 4.79 Å². The van der Waals surface area contributed by atoms with Crippen LogP contribution < -0.4 is 5.56 Å². The van der Waals surface area contributed by atoms with Crippen LogP contribution in [0.5, 0.6) is 0 Å². The first-order valence-electron chi connectivity index (χ1n) is 4.03. The Morgan fingerprint density at radius 3 is 2.85 bits per heavy atom. The average molecular weight is 175 g/mol. The molecule has 1 heterocycles. The summed E-state index contributed by atoms with van der Waals surface area (Å²) < 4.78 is 0. The van der Waals surface area contributed by atoms with Crippen molar-refractivity contribution in [2.75, 3.05) is 0 Å². The van der Waals surface area contributed by atoms with E-state index in [-0.39, 0.29) is 12.2 Å². The lowest BCUT2D eigenvalue weighted by molar-refractivity contribution is 0.280. The molecule has 2 aromatic rings. The molecule has 13 heavy (non-hydrogen) atoms. The predicted molar refractivity (Wildman–Crippen MR) is 50.5 cm³/mol. The topological polar surface area (TPSA) is 53.1 Å². The number of pyridine rings is 1. The molecule has 0 aliphatic rings. The van der Waals surface area contributed by atoms with E-state index < -0.39 is 0 Å². The SMILES string of the molecule is O=c1[nH]c2ccccc2cc1CO. The van der Waals surface area contributed by atoms with Crippen molar-refractivity contribution >= 4 is 10.9 Å². The van der Waals surface area contributed by atoms with Gasteiger partial charge >= 0.3 is 0 Å². The largest absolute Gasteiger partial charge is 0.391 e. The fourth-order valence-electron chi connectivity index (χ4n) is 1.31. The Hall–Kier alpha value is -1.61. The highest BCUT2D eigenvalue weighted by atomic mass is 16.3. The molecule has 0 bridgehead atoms. The van der Waals surface area contributed by atoms with Crippen molar-refractivity contribution in [2.24, 2.45) is 0 Å². The van der Waals surface area contributed by atoms with Gasteiger partial charge in [0.15, 0.2) is 0 Å². The Morgan fingerprint density at radius 1 is 1.31 bits per heavy atom. The third-order valence-electron chi connectivity index (χ3n) is 2.00. The first kappa shape index (κ1) is 8.01. The Morgan fingerprint density at radius 2 is 2.08 bits per heavy atom. The fourth-order valence-corrected chi connectivity index (χ4v) is 1.31. The lowest BCUT2D eigenvalue weighted by Crippen LogP contribution is -2.11. The molecule has 0 atom stereocenters. The number of aliphatic hydroxyl groups excluding tert-OH is 1. The summed E-state index contributed by atoms with van der Waals surface area (Å²) in [5.41, 5.74) is 0.976. The van der Waals surface area contributed by atoms with Crippen molar-refractivity contribution in [1.82, 2.24) is 4.98 Å². The zero-order chi connectivity index (χ0) is 9.26. The van der Waals surface area contributed by atoms with Crippen LogP contribution in [-0.4, -0.2) is 10.1 Å². The van der Waals surface area contributed by atoms with E-state index in [0.29, 0.717) is 5.56 Å². The second-order valence-corrected chi connectivity index (χ2v) is 2.87. The standard InChI is InChI=1S/C10H9NO2/c12-6-8-5-7-3-1-2-4-9(7)11-10(8)13/h1-5,12H,6H2,(H,11,13). The number of fused-ring (bicyclic) bond motifs is 1. The van der Waals surface area contributed by atoms with Gasteiger partial charge in [0.2, 0.25) is 0 Å². The number of aromatic nitrogens is 1. The molecule has 0 amide bonds. The molecule has 1 aromatic heterocycles. The molecule has 66 valence electrons. The van der Waals surface area contributed by atoms with E-state index in [1.165, 1.54) is 0 Å². The molecule has 0 unspecified atom stereocenters. The van der Waals surface area contributed by atoms with Crippen LogP contribution in [0.25, 0.3) is 10.9 Å². The number of aromatic amines is 1. The molecule has 3 heteroatoms. The summed E-state index contributed by atoms with van der Waals surface area (Å²) in [7, 11) is 0. The van der Waals surface area contributed by atoms with Crippen LogP contribution in [0.15, 0.2) is 35.1 Å². The number of benzene rings is 1. The van der Waals surface area contributed by atoms with E-state index >= 15 is 0 Å². The lowest BCUT2D eigenvalue weighted by atomic mass is 10.2. The summed E-state index contributed by atoms with van der Waals surface area (Å²) in [6.45, 7) is -0.222. The molecular weight excluding hydrogens is 166 g/mol. The number of aliphatic hydroxyl groups is 1. The summed E-state index contributed by atoms with van der Waals surface area (Å²) >= 11 is 0. The van der Waals surface area contributed by atoms with Gasteiger partial charge in [-0.05, 0) is 17.5 Å². The molecular formula is C10H9NO2. The minimum atomic E-state index is -0.222. The van der Waals surface area contributed by atoms with Crippen LogP contribution in [0, 0.1) is 0 Å². The number of para-hydroxylation sites is 1. The molecule has 0 saturated heterocycles. The van der Waals surface area contributed by atoms with Crippen molar-refractivity contribution < 1.29 is 5.11 Å². The molecule has 2 rings (SSSR count). The van der Waals surface area contributed by atoms with E-state index in [9.17, 15) is 4.79 Å². The number of hydrogen-bond acceptors (Lipinski definition) is 2. The summed E-state index contributed by atoms with van der Waals surface area (Å²) in [6.07, 6.45) is 0. The van der Waals surface area contributed by atoms with Gasteiger partial charge in [0.05, 0.1) is 6.61 Å². The van der Waals surface area contributed by atoms with Gasteiger partial charge in [-0.25, -0.2) is 0 Å². The highest BCUT2D eigenvalue weighted by molar-refractivity contribution is 5.78. The second kappa shape index (κ2) is 3.03. The van der Waals surface area contributed by atoms with Crippen molar-refractivity contribution in [2.45, 2.75) is 6.61 Å². The first-order chi connectivity index (χ1) is 6.31. The predicted octanol–water partition coefficient (Wildman–Crippen LogP) is 1.02. The second-order valence-electron chi connectivity index (χ2n) is 2.87. The molecule has 0 fully saturated rings. The number of hydrogen-bond donors (Lipinski definition) is 2. The maximum Gasteiger partial charge on any atom is 0.253 e. The molecule has 2 N–H and O–H groups in total. The summed E-state index contributed by atoms with van der Waals surface area (Å²) in [5, 5.41) is 9.79. The average Bonchev–Trinajstić information content (AvgIpc) is 2.17. The Balaban J connectivity index is 2.81. The summed E-state index contributed by atoms with van der Waals surface area (Å²) in [5.74, 6) is 0. The van der Waals surface area contributed by atoms with Gasteiger partial charge in [0.25, 0.3) is 5.56 Å². The fraction of sp³-hybridized carbons (Fsp3) is 0.100. The molecule has 1 aromatic carbocycles. The van der Waals surface area contributed by atoms with Gasteiger partial charge in [-0.15, -0.1) is 0 Å². The zero-order valence-electron chi connectivity index (χ0n) is 6.95. The Labute approximate surface area is 74.7 Å². The minimum absolute atomic E-state index is 0.221. The third kappa shape index (κ3) is 1.34. The quantitative estimate of drug-likeness (QED) is 0.679. The van der Waals surface area contributed by atoms with Gasteiger partial charge in [-0.1, -0.05) is 18.2 Å². The normalized spacial score (nSPS) is 10.5. The van der Waals surface area contributed by atoms with E-state index in [4.69, 9.17) is 5.11 Å². The van der Waals surface area contributed by atoms with Crippen molar-refractivity contribution in [3.8, 4) is 0 Å². The van der Waals surface area contributed by atoms with Crippen LogP contribution in [0.1, 0.15) is 5.56 Å². The first-order valence-corrected chi connectivity index (χ1v) is 4.03. The summed E-state index contributed by atoms with van der Waals surface area (Å²) in [4.78, 5) is 13.9. The molecule has 0 spiro atoms. The van der Waals surface area contributed by atoms with E-state index in [1.54, 1.807) is 6.07 Å². The van der Waals surface area contributed by atoms with E-state index in [1.807, 2.05) is 24.3 Å².